The van der Waals surface area contributed by atoms with Crippen LogP contribution < -0.4 is 4.90 Å². The summed E-state index contributed by atoms with van der Waals surface area (Å²) in [5.74, 6) is -0.0694. The molecular formula is C17H19FN4O. The highest BCUT2D eigenvalue weighted by molar-refractivity contribution is 5.76. The Bertz CT molecular complexity index is 639. The highest BCUT2D eigenvalue weighted by Gasteiger charge is 2.21. The van der Waals surface area contributed by atoms with Gasteiger partial charge in [0.05, 0.1) is 0 Å². The lowest BCUT2D eigenvalue weighted by atomic mass is 10.1. The SMILES string of the molecule is O=C(CCc1cncnc1)N1CCN(c2ccc(F)cc2)CC1. The molecule has 120 valence electrons. The van der Waals surface area contributed by atoms with Crippen LogP contribution in [0.3, 0.4) is 0 Å². The van der Waals surface area contributed by atoms with Crippen LogP contribution in [-0.4, -0.2) is 47.0 Å². The Balaban J connectivity index is 1.48. The number of hydrogen-bond acceptors (Lipinski definition) is 4. The highest BCUT2D eigenvalue weighted by Crippen LogP contribution is 2.17. The molecule has 0 aliphatic carbocycles. The number of benzene rings is 1. The standard InChI is InChI=1S/C17H19FN4O/c18-15-2-4-16(5-3-15)21-7-9-22(10-8-21)17(23)6-1-14-11-19-13-20-12-14/h2-5,11-13H,1,6-10H2. The van der Waals surface area contributed by atoms with E-state index in [0.717, 1.165) is 24.3 Å². The smallest absolute Gasteiger partial charge is 0.223 e. The molecule has 1 amide bonds. The summed E-state index contributed by atoms with van der Waals surface area (Å²) in [6.45, 7) is 2.93. The van der Waals surface area contributed by atoms with Crippen LogP contribution >= 0.6 is 0 Å². The van der Waals surface area contributed by atoms with Gasteiger partial charge >= 0.3 is 0 Å². The number of carbonyl (C=O) groups excluding carboxylic acids is 1. The third-order valence-corrected chi connectivity index (χ3v) is 4.07. The van der Waals surface area contributed by atoms with Crippen molar-refractivity contribution in [1.29, 1.82) is 0 Å². The van der Waals surface area contributed by atoms with Crippen LogP contribution in [0.1, 0.15) is 12.0 Å². The third kappa shape index (κ3) is 4.03. The second-order valence-electron chi connectivity index (χ2n) is 5.59. The van der Waals surface area contributed by atoms with Gasteiger partial charge in [-0.15, -0.1) is 0 Å². The molecule has 0 atom stereocenters. The molecule has 0 unspecified atom stereocenters. The van der Waals surface area contributed by atoms with E-state index in [1.165, 1.54) is 18.5 Å². The number of piperazine rings is 1. The number of amides is 1. The molecule has 3 rings (SSSR count). The molecule has 23 heavy (non-hydrogen) atoms. The van der Waals surface area contributed by atoms with Gasteiger partial charge in [-0.1, -0.05) is 0 Å². The molecular weight excluding hydrogens is 295 g/mol. The highest BCUT2D eigenvalue weighted by atomic mass is 19.1. The summed E-state index contributed by atoms with van der Waals surface area (Å²) in [6, 6.07) is 6.49. The fourth-order valence-electron chi connectivity index (χ4n) is 2.73. The Morgan fingerprint density at radius 3 is 2.35 bits per heavy atom. The zero-order valence-corrected chi connectivity index (χ0v) is 12.9. The summed E-state index contributed by atoms with van der Waals surface area (Å²) < 4.78 is 13.0. The Kier molecular flexibility index (Phi) is 4.80. The summed E-state index contributed by atoms with van der Waals surface area (Å²) in [5.41, 5.74) is 1.98. The van der Waals surface area contributed by atoms with Gasteiger partial charge in [0.15, 0.2) is 0 Å². The topological polar surface area (TPSA) is 49.3 Å². The number of carbonyl (C=O) groups is 1. The van der Waals surface area contributed by atoms with Gasteiger partial charge < -0.3 is 9.80 Å². The molecule has 1 aliphatic rings. The Morgan fingerprint density at radius 2 is 1.70 bits per heavy atom. The molecule has 2 heterocycles. The van der Waals surface area contributed by atoms with Crippen molar-refractivity contribution < 1.29 is 9.18 Å². The van der Waals surface area contributed by atoms with Gasteiger partial charge in [-0.3, -0.25) is 4.79 Å². The van der Waals surface area contributed by atoms with Crippen LogP contribution in [0.4, 0.5) is 10.1 Å². The lowest BCUT2D eigenvalue weighted by Crippen LogP contribution is -2.48. The number of aromatic nitrogens is 2. The third-order valence-electron chi connectivity index (χ3n) is 4.07. The molecule has 1 saturated heterocycles. The first-order chi connectivity index (χ1) is 11.2. The Morgan fingerprint density at radius 1 is 1.04 bits per heavy atom. The van der Waals surface area contributed by atoms with E-state index in [4.69, 9.17) is 0 Å². The van der Waals surface area contributed by atoms with Crippen molar-refractivity contribution in [2.24, 2.45) is 0 Å². The average Bonchev–Trinajstić information content (AvgIpc) is 2.61. The van der Waals surface area contributed by atoms with Crippen molar-refractivity contribution in [2.45, 2.75) is 12.8 Å². The maximum absolute atomic E-state index is 13.0. The minimum absolute atomic E-state index is 0.160. The van der Waals surface area contributed by atoms with Gasteiger partial charge in [0.25, 0.3) is 0 Å². The predicted octanol–water partition coefficient (Wildman–Crippen LogP) is 1.90. The molecule has 1 aromatic carbocycles. The van der Waals surface area contributed by atoms with Crippen molar-refractivity contribution in [1.82, 2.24) is 14.9 Å². The Hall–Kier alpha value is -2.50. The summed E-state index contributed by atoms with van der Waals surface area (Å²) in [7, 11) is 0. The lowest BCUT2D eigenvalue weighted by Gasteiger charge is -2.36. The quantitative estimate of drug-likeness (QED) is 0.865. The van der Waals surface area contributed by atoms with E-state index in [1.54, 1.807) is 24.5 Å². The number of hydrogen-bond donors (Lipinski definition) is 0. The van der Waals surface area contributed by atoms with Crippen molar-refractivity contribution >= 4 is 11.6 Å². The molecule has 1 aromatic heterocycles. The van der Waals surface area contributed by atoms with Crippen molar-refractivity contribution in [3.8, 4) is 0 Å². The molecule has 5 nitrogen and oxygen atoms in total. The molecule has 1 fully saturated rings. The first kappa shape index (κ1) is 15.4. The van der Waals surface area contributed by atoms with Gasteiger partial charge in [0.1, 0.15) is 12.1 Å². The first-order valence-electron chi connectivity index (χ1n) is 7.74. The molecule has 0 N–H and O–H groups in total. The second kappa shape index (κ2) is 7.17. The Labute approximate surface area is 134 Å². The minimum atomic E-state index is -0.229. The fourth-order valence-corrected chi connectivity index (χ4v) is 2.73. The van der Waals surface area contributed by atoms with Crippen LogP contribution in [0.25, 0.3) is 0 Å². The molecule has 2 aromatic rings. The molecule has 0 saturated carbocycles. The predicted molar refractivity (Wildman–Crippen MR) is 85.5 cm³/mol. The molecule has 6 heteroatoms. The van der Waals surface area contributed by atoms with E-state index in [1.807, 2.05) is 4.90 Å². The monoisotopic (exact) mass is 314 g/mol. The van der Waals surface area contributed by atoms with E-state index >= 15 is 0 Å². The maximum atomic E-state index is 13.0. The van der Waals surface area contributed by atoms with E-state index in [2.05, 4.69) is 14.9 Å². The average molecular weight is 314 g/mol. The zero-order valence-electron chi connectivity index (χ0n) is 12.9. The van der Waals surface area contributed by atoms with E-state index in [0.29, 0.717) is 25.9 Å². The summed E-state index contributed by atoms with van der Waals surface area (Å²) in [5, 5.41) is 0. The van der Waals surface area contributed by atoms with E-state index < -0.39 is 0 Å². The largest absolute Gasteiger partial charge is 0.368 e. The van der Waals surface area contributed by atoms with Crippen LogP contribution in [0.15, 0.2) is 43.0 Å². The molecule has 0 spiro atoms. The van der Waals surface area contributed by atoms with Gasteiger partial charge in [-0.05, 0) is 36.2 Å². The number of rotatable bonds is 4. The number of halogens is 1. The summed E-state index contributed by atoms with van der Waals surface area (Å²) in [4.78, 5) is 24.3. The molecule has 0 bridgehead atoms. The van der Waals surface area contributed by atoms with Gasteiger partial charge in [-0.2, -0.15) is 0 Å². The maximum Gasteiger partial charge on any atom is 0.223 e. The molecule has 0 radical (unpaired) electrons. The van der Waals surface area contributed by atoms with Crippen LogP contribution in [0.2, 0.25) is 0 Å². The summed E-state index contributed by atoms with van der Waals surface area (Å²) in [6.07, 6.45) is 6.11. The zero-order chi connectivity index (χ0) is 16.1. The molecule has 1 aliphatic heterocycles. The van der Waals surface area contributed by atoms with Gasteiger partial charge in [0, 0.05) is 50.7 Å². The van der Waals surface area contributed by atoms with E-state index in [9.17, 15) is 9.18 Å². The lowest BCUT2D eigenvalue weighted by molar-refractivity contribution is -0.131. The van der Waals surface area contributed by atoms with Crippen molar-refractivity contribution in [2.75, 3.05) is 31.1 Å². The first-order valence-corrected chi connectivity index (χ1v) is 7.74. The van der Waals surface area contributed by atoms with Crippen molar-refractivity contribution in [3.63, 3.8) is 0 Å². The van der Waals surface area contributed by atoms with Crippen LogP contribution in [0, 0.1) is 5.82 Å². The number of nitrogens with zero attached hydrogens (tertiary/aromatic N) is 4. The van der Waals surface area contributed by atoms with Crippen LogP contribution in [-0.2, 0) is 11.2 Å². The van der Waals surface area contributed by atoms with E-state index in [-0.39, 0.29) is 11.7 Å². The van der Waals surface area contributed by atoms with Gasteiger partial charge in [0.2, 0.25) is 5.91 Å². The second-order valence-corrected chi connectivity index (χ2v) is 5.59. The minimum Gasteiger partial charge on any atom is -0.368 e. The normalized spacial score (nSPS) is 14.8. The number of aryl methyl sites for hydroxylation is 1. The van der Waals surface area contributed by atoms with Crippen LogP contribution in [0.5, 0.6) is 0 Å². The number of anilines is 1. The van der Waals surface area contributed by atoms with Crippen molar-refractivity contribution in [3.05, 3.63) is 54.4 Å². The summed E-state index contributed by atoms with van der Waals surface area (Å²) >= 11 is 0. The fraction of sp³-hybridized carbons (Fsp3) is 0.353. The van der Waals surface area contributed by atoms with Gasteiger partial charge in [-0.25, -0.2) is 14.4 Å².